The SMILES string of the molecule is COCCC(=O)N1CCSc2ccc(N)cc21. The van der Waals surface area contributed by atoms with E-state index in [0.717, 1.165) is 22.9 Å². The van der Waals surface area contributed by atoms with Crippen molar-refractivity contribution in [2.24, 2.45) is 0 Å². The maximum Gasteiger partial charge on any atom is 0.229 e. The third-order valence-electron chi connectivity index (χ3n) is 2.67. The molecule has 0 fully saturated rings. The van der Waals surface area contributed by atoms with Gasteiger partial charge in [-0.1, -0.05) is 0 Å². The van der Waals surface area contributed by atoms with E-state index in [-0.39, 0.29) is 5.91 Å². The van der Waals surface area contributed by atoms with Crippen LogP contribution in [0.1, 0.15) is 6.42 Å². The number of carbonyl (C=O) groups excluding carboxylic acids is 1. The van der Waals surface area contributed by atoms with Crippen LogP contribution in [0.15, 0.2) is 23.1 Å². The average molecular weight is 252 g/mol. The minimum Gasteiger partial charge on any atom is -0.399 e. The van der Waals surface area contributed by atoms with Crippen molar-refractivity contribution in [1.29, 1.82) is 0 Å². The summed E-state index contributed by atoms with van der Waals surface area (Å²) in [5.41, 5.74) is 7.40. The number of ether oxygens (including phenoxy) is 1. The van der Waals surface area contributed by atoms with Crippen molar-refractivity contribution in [3.63, 3.8) is 0 Å². The summed E-state index contributed by atoms with van der Waals surface area (Å²) in [4.78, 5) is 15.0. The summed E-state index contributed by atoms with van der Waals surface area (Å²) in [5, 5.41) is 0. The number of hydrogen-bond donors (Lipinski definition) is 1. The van der Waals surface area contributed by atoms with Crippen LogP contribution in [0, 0.1) is 0 Å². The molecule has 1 amide bonds. The van der Waals surface area contributed by atoms with Gasteiger partial charge in [0, 0.05) is 30.0 Å². The topological polar surface area (TPSA) is 55.6 Å². The minimum absolute atomic E-state index is 0.0963. The fourth-order valence-corrected chi connectivity index (χ4v) is 2.79. The van der Waals surface area contributed by atoms with Crippen molar-refractivity contribution in [3.05, 3.63) is 18.2 Å². The number of methoxy groups -OCH3 is 1. The lowest BCUT2D eigenvalue weighted by atomic mass is 10.2. The molecule has 0 radical (unpaired) electrons. The van der Waals surface area contributed by atoms with Gasteiger partial charge in [-0.05, 0) is 18.2 Å². The first-order chi connectivity index (χ1) is 8.22. The van der Waals surface area contributed by atoms with Crippen molar-refractivity contribution in [2.45, 2.75) is 11.3 Å². The van der Waals surface area contributed by atoms with Crippen LogP contribution in [0.2, 0.25) is 0 Å². The smallest absolute Gasteiger partial charge is 0.229 e. The summed E-state index contributed by atoms with van der Waals surface area (Å²) in [7, 11) is 1.60. The first-order valence-corrected chi connectivity index (χ1v) is 6.52. The molecule has 0 unspecified atom stereocenters. The van der Waals surface area contributed by atoms with Crippen molar-refractivity contribution in [2.75, 3.05) is 36.6 Å². The van der Waals surface area contributed by atoms with Crippen LogP contribution in [-0.4, -0.2) is 31.9 Å². The molecule has 0 aromatic heterocycles. The van der Waals surface area contributed by atoms with Gasteiger partial charge in [0.2, 0.25) is 5.91 Å². The summed E-state index contributed by atoms with van der Waals surface area (Å²) >= 11 is 1.76. The van der Waals surface area contributed by atoms with E-state index >= 15 is 0 Å². The van der Waals surface area contributed by atoms with Gasteiger partial charge in [0.25, 0.3) is 0 Å². The van der Waals surface area contributed by atoms with Crippen molar-refractivity contribution >= 4 is 29.0 Å². The number of nitrogen functional groups attached to an aromatic ring is 1. The number of rotatable bonds is 3. The van der Waals surface area contributed by atoms with Crippen LogP contribution in [0.4, 0.5) is 11.4 Å². The predicted octanol–water partition coefficient (Wildman–Crippen LogP) is 1.74. The van der Waals surface area contributed by atoms with E-state index in [2.05, 4.69) is 0 Å². The number of thioether (sulfide) groups is 1. The fraction of sp³-hybridized carbons (Fsp3) is 0.417. The number of carbonyl (C=O) groups is 1. The van der Waals surface area contributed by atoms with E-state index in [4.69, 9.17) is 10.5 Å². The fourth-order valence-electron chi connectivity index (χ4n) is 1.82. The second kappa shape index (κ2) is 5.42. The Bertz CT molecular complexity index is 423. The highest BCUT2D eigenvalue weighted by atomic mass is 32.2. The Morgan fingerprint density at radius 1 is 1.59 bits per heavy atom. The molecule has 1 aromatic rings. The molecule has 0 spiro atoms. The van der Waals surface area contributed by atoms with E-state index in [1.54, 1.807) is 23.8 Å². The second-order valence-electron chi connectivity index (χ2n) is 3.86. The molecular weight excluding hydrogens is 236 g/mol. The summed E-state index contributed by atoms with van der Waals surface area (Å²) in [6.07, 6.45) is 0.412. The van der Waals surface area contributed by atoms with Gasteiger partial charge in [-0.2, -0.15) is 0 Å². The molecule has 4 nitrogen and oxygen atoms in total. The van der Waals surface area contributed by atoms with Crippen LogP contribution in [0.5, 0.6) is 0 Å². The summed E-state index contributed by atoms with van der Waals surface area (Å²) in [6, 6.07) is 5.71. The van der Waals surface area contributed by atoms with E-state index < -0.39 is 0 Å². The Morgan fingerprint density at radius 3 is 3.18 bits per heavy atom. The molecule has 0 saturated heterocycles. The third kappa shape index (κ3) is 2.73. The largest absolute Gasteiger partial charge is 0.399 e. The number of benzene rings is 1. The van der Waals surface area contributed by atoms with E-state index in [9.17, 15) is 4.79 Å². The first-order valence-electron chi connectivity index (χ1n) is 5.54. The maximum absolute atomic E-state index is 12.0. The lowest BCUT2D eigenvalue weighted by Crippen LogP contribution is -2.35. The quantitative estimate of drug-likeness (QED) is 0.833. The Morgan fingerprint density at radius 2 is 2.41 bits per heavy atom. The van der Waals surface area contributed by atoms with Crippen molar-refractivity contribution in [1.82, 2.24) is 0 Å². The Balaban J connectivity index is 2.21. The first kappa shape index (κ1) is 12.3. The molecule has 1 heterocycles. The van der Waals surface area contributed by atoms with Gasteiger partial charge >= 0.3 is 0 Å². The zero-order valence-electron chi connectivity index (χ0n) is 9.81. The van der Waals surface area contributed by atoms with E-state index in [1.165, 1.54) is 0 Å². The Labute approximate surface area is 105 Å². The van der Waals surface area contributed by atoms with Crippen LogP contribution in [0.25, 0.3) is 0 Å². The highest BCUT2D eigenvalue weighted by Crippen LogP contribution is 2.36. The molecular formula is C12H16N2O2S. The highest BCUT2D eigenvalue weighted by Gasteiger charge is 2.22. The third-order valence-corrected chi connectivity index (χ3v) is 3.71. The molecule has 5 heteroatoms. The monoisotopic (exact) mass is 252 g/mol. The zero-order valence-corrected chi connectivity index (χ0v) is 10.6. The summed E-state index contributed by atoms with van der Waals surface area (Å²) < 4.78 is 4.94. The normalized spacial score (nSPS) is 14.5. The van der Waals surface area contributed by atoms with Crippen molar-refractivity contribution < 1.29 is 9.53 Å². The van der Waals surface area contributed by atoms with Gasteiger partial charge < -0.3 is 15.4 Å². The maximum atomic E-state index is 12.0. The van der Waals surface area contributed by atoms with Crippen LogP contribution >= 0.6 is 11.8 Å². The molecule has 1 aliphatic heterocycles. The number of fused-ring (bicyclic) bond motifs is 1. The zero-order chi connectivity index (χ0) is 12.3. The summed E-state index contributed by atoms with van der Waals surface area (Å²) in [6.45, 7) is 1.20. The molecule has 17 heavy (non-hydrogen) atoms. The van der Waals surface area contributed by atoms with Gasteiger partial charge in [-0.3, -0.25) is 4.79 Å². The van der Waals surface area contributed by atoms with Gasteiger partial charge in [0.15, 0.2) is 0 Å². The lowest BCUT2D eigenvalue weighted by Gasteiger charge is -2.29. The molecule has 1 aliphatic rings. The molecule has 92 valence electrons. The molecule has 2 rings (SSSR count). The van der Waals surface area contributed by atoms with Crippen molar-refractivity contribution in [3.8, 4) is 0 Å². The van der Waals surface area contributed by atoms with E-state index in [0.29, 0.717) is 18.7 Å². The second-order valence-corrected chi connectivity index (χ2v) is 5.00. The standard InChI is InChI=1S/C12H16N2O2S/c1-16-6-4-12(15)14-5-7-17-11-3-2-9(13)8-10(11)14/h2-3,8H,4-7,13H2,1H3. The van der Waals surface area contributed by atoms with Crippen LogP contribution < -0.4 is 10.6 Å². The highest BCUT2D eigenvalue weighted by molar-refractivity contribution is 7.99. The van der Waals surface area contributed by atoms with Gasteiger partial charge in [0.05, 0.1) is 18.7 Å². The molecule has 0 bridgehead atoms. The van der Waals surface area contributed by atoms with Crippen LogP contribution in [0.3, 0.4) is 0 Å². The minimum atomic E-state index is 0.0963. The Kier molecular flexibility index (Phi) is 3.91. The van der Waals surface area contributed by atoms with Crippen LogP contribution in [-0.2, 0) is 9.53 Å². The lowest BCUT2D eigenvalue weighted by molar-refractivity contribution is -0.119. The number of anilines is 2. The number of amides is 1. The van der Waals surface area contributed by atoms with Gasteiger partial charge in [0.1, 0.15) is 0 Å². The molecule has 0 atom stereocenters. The Hall–Kier alpha value is -1.20. The molecule has 1 aromatic carbocycles. The van der Waals surface area contributed by atoms with E-state index in [1.807, 2.05) is 18.2 Å². The average Bonchev–Trinajstić information content (AvgIpc) is 2.35. The number of nitrogens with two attached hydrogens (primary N) is 1. The van der Waals surface area contributed by atoms with Gasteiger partial charge in [-0.25, -0.2) is 0 Å². The predicted molar refractivity (Wildman–Crippen MR) is 70.4 cm³/mol. The molecule has 0 saturated carbocycles. The number of nitrogens with zero attached hydrogens (tertiary/aromatic N) is 1. The number of hydrogen-bond acceptors (Lipinski definition) is 4. The molecule has 0 aliphatic carbocycles. The van der Waals surface area contributed by atoms with Gasteiger partial charge in [-0.15, -0.1) is 11.8 Å². The molecule has 2 N–H and O–H groups in total. The summed E-state index contributed by atoms with van der Waals surface area (Å²) in [5.74, 6) is 1.02.